The minimum Gasteiger partial charge on any atom is -0.480 e. The lowest BCUT2D eigenvalue weighted by Gasteiger charge is -2.31. The summed E-state index contributed by atoms with van der Waals surface area (Å²) in [6.45, 7) is 0.908. The molecule has 0 aromatic carbocycles. The lowest BCUT2D eigenvalue weighted by molar-refractivity contribution is -0.147. The second kappa shape index (κ2) is 8.36. The number of piperidine rings is 1. The van der Waals surface area contributed by atoms with Gasteiger partial charge in [0.25, 0.3) is 0 Å². The van der Waals surface area contributed by atoms with Crippen molar-refractivity contribution in [1.29, 1.82) is 0 Å². The number of aliphatic carboxylic acids is 1. The number of ether oxygens (including phenoxy) is 2. The zero-order valence-corrected chi connectivity index (χ0v) is 11.5. The molecule has 0 saturated carbocycles. The van der Waals surface area contributed by atoms with E-state index in [9.17, 15) is 14.4 Å². The predicted molar refractivity (Wildman–Crippen MR) is 68.2 cm³/mol. The molecule has 1 atom stereocenters. The second-order valence-electron chi connectivity index (χ2n) is 4.49. The highest BCUT2D eigenvalue weighted by Gasteiger charge is 2.28. The fourth-order valence-corrected chi connectivity index (χ4v) is 2.02. The Kier molecular flexibility index (Phi) is 6.78. The number of nitrogens with zero attached hydrogens (tertiary/aromatic N) is 1. The second-order valence-corrected chi connectivity index (χ2v) is 4.49. The van der Waals surface area contributed by atoms with Crippen molar-refractivity contribution in [1.82, 2.24) is 10.2 Å². The van der Waals surface area contributed by atoms with Crippen LogP contribution in [0.15, 0.2) is 0 Å². The van der Waals surface area contributed by atoms with Crippen LogP contribution < -0.4 is 5.32 Å². The molecule has 1 aliphatic rings. The molecule has 0 radical (unpaired) electrons. The van der Waals surface area contributed by atoms with Crippen molar-refractivity contribution in [2.24, 2.45) is 5.92 Å². The lowest BCUT2D eigenvalue weighted by Crippen LogP contribution is -2.47. The summed E-state index contributed by atoms with van der Waals surface area (Å²) in [4.78, 5) is 35.0. The Labute approximate surface area is 117 Å². The van der Waals surface area contributed by atoms with Crippen LogP contribution in [-0.2, 0) is 19.1 Å². The summed E-state index contributed by atoms with van der Waals surface area (Å²) in [6, 6.07) is -0.280. The first-order valence-corrected chi connectivity index (χ1v) is 6.44. The van der Waals surface area contributed by atoms with Gasteiger partial charge < -0.3 is 24.8 Å². The van der Waals surface area contributed by atoms with Gasteiger partial charge in [-0.25, -0.2) is 9.59 Å². The largest absolute Gasteiger partial charge is 0.480 e. The van der Waals surface area contributed by atoms with Crippen molar-refractivity contribution in [3.63, 3.8) is 0 Å². The average Bonchev–Trinajstić information content (AvgIpc) is 2.45. The molecule has 0 spiro atoms. The molecule has 8 nitrogen and oxygen atoms in total. The maximum Gasteiger partial charge on any atom is 0.329 e. The average molecular weight is 288 g/mol. The zero-order chi connectivity index (χ0) is 15.0. The molecule has 2 N–H and O–H groups in total. The number of hydrogen-bond acceptors (Lipinski definition) is 5. The maximum atomic E-state index is 11.8. The highest BCUT2D eigenvalue weighted by molar-refractivity contribution is 5.77. The van der Waals surface area contributed by atoms with Gasteiger partial charge in [-0.2, -0.15) is 0 Å². The smallest absolute Gasteiger partial charge is 0.329 e. The number of methoxy groups -OCH3 is 1. The van der Waals surface area contributed by atoms with E-state index in [0.717, 1.165) is 12.8 Å². The van der Waals surface area contributed by atoms with Gasteiger partial charge >= 0.3 is 18.0 Å². The number of rotatable bonds is 6. The van der Waals surface area contributed by atoms with Gasteiger partial charge in [-0.15, -0.1) is 0 Å². The molecular formula is C12H20N2O6. The number of hydrogen-bond donors (Lipinski definition) is 2. The Hall–Kier alpha value is -1.83. The van der Waals surface area contributed by atoms with Gasteiger partial charge in [0.2, 0.25) is 0 Å². The number of nitrogens with one attached hydrogen (secondary N) is 1. The molecule has 2 amide bonds. The number of carboxylic acid groups (broad SMARTS) is 1. The summed E-state index contributed by atoms with van der Waals surface area (Å²) < 4.78 is 9.48. The van der Waals surface area contributed by atoms with E-state index in [1.54, 1.807) is 4.90 Å². The molecular weight excluding hydrogens is 268 g/mol. The first kappa shape index (κ1) is 16.2. The standard InChI is InChI=1S/C12H20N2O6/c1-19-11(17)9-3-2-5-14(7-9)12(18)13-4-6-20-8-10(15)16/h9H,2-8H2,1H3,(H,13,18)(H,15,16). The molecule has 8 heteroatoms. The number of urea groups is 1. The maximum absolute atomic E-state index is 11.8. The monoisotopic (exact) mass is 288 g/mol. The van der Waals surface area contributed by atoms with Gasteiger partial charge in [-0.1, -0.05) is 0 Å². The summed E-state index contributed by atoms with van der Waals surface area (Å²) in [5, 5.41) is 11.0. The van der Waals surface area contributed by atoms with Crippen LogP contribution in [0, 0.1) is 5.92 Å². The molecule has 0 bridgehead atoms. The highest BCUT2D eigenvalue weighted by Crippen LogP contribution is 2.17. The van der Waals surface area contributed by atoms with Crippen molar-refractivity contribution < 1.29 is 29.0 Å². The molecule has 20 heavy (non-hydrogen) atoms. The predicted octanol–water partition coefficient (Wildman–Crippen LogP) is -0.318. The van der Waals surface area contributed by atoms with Gasteiger partial charge in [0.05, 0.1) is 19.6 Å². The van der Waals surface area contributed by atoms with E-state index in [0.29, 0.717) is 13.1 Å². The Bertz CT molecular complexity index is 360. The third-order valence-corrected chi connectivity index (χ3v) is 2.99. The SMILES string of the molecule is COC(=O)C1CCCN(C(=O)NCCOCC(=O)O)C1. The third-order valence-electron chi connectivity index (χ3n) is 2.99. The van der Waals surface area contributed by atoms with Crippen LogP contribution in [0.25, 0.3) is 0 Å². The van der Waals surface area contributed by atoms with Crippen LogP contribution in [0.3, 0.4) is 0 Å². The summed E-state index contributed by atoms with van der Waals surface area (Å²) in [5.41, 5.74) is 0. The normalized spacial score (nSPS) is 18.4. The fraction of sp³-hybridized carbons (Fsp3) is 0.750. The summed E-state index contributed by atoms with van der Waals surface area (Å²) in [5.74, 6) is -1.62. The van der Waals surface area contributed by atoms with Crippen LogP contribution in [0.5, 0.6) is 0 Å². The Morgan fingerprint density at radius 3 is 2.80 bits per heavy atom. The number of carbonyl (C=O) groups is 3. The van der Waals surface area contributed by atoms with E-state index < -0.39 is 5.97 Å². The summed E-state index contributed by atoms with van der Waals surface area (Å²) in [7, 11) is 1.33. The van der Waals surface area contributed by atoms with Crippen molar-refractivity contribution in [2.45, 2.75) is 12.8 Å². The van der Waals surface area contributed by atoms with E-state index in [4.69, 9.17) is 9.84 Å². The highest BCUT2D eigenvalue weighted by atomic mass is 16.5. The summed E-state index contributed by atoms with van der Waals surface area (Å²) in [6.07, 6.45) is 1.47. The third kappa shape index (κ3) is 5.43. The van der Waals surface area contributed by atoms with Crippen molar-refractivity contribution in [3.05, 3.63) is 0 Å². The topological polar surface area (TPSA) is 105 Å². The summed E-state index contributed by atoms with van der Waals surface area (Å²) >= 11 is 0. The van der Waals surface area contributed by atoms with Gasteiger partial charge in [0.1, 0.15) is 6.61 Å². The van der Waals surface area contributed by atoms with Crippen LogP contribution in [0.4, 0.5) is 4.79 Å². The Morgan fingerprint density at radius 2 is 2.15 bits per heavy atom. The molecule has 1 aliphatic heterocycles. The molecule has 0 aromatic rings. The first-order chi connectivity index (χ1) is 9.54. The quantitative estimate of drug-likeness (QED) is 0.513. The molecule has 114 valence electrons. The molecule has 1 fully saturated rings. The fourth-order valence-electron chi connectivity index (χ4n) is 2.02. The number of amides is 2. The van der Waals surface area contributed by atoms with Gasteiger partial charge in [-0.3, -0.25) is 4.79 Å². The number of carbonyl (C=O) groups excluding carboxylic acids is 2. The zero-order valence-electron chi connectivity index (χ0n) is 11.5. The first-order valence-electron chi connectivity index (χ1n) is 6.44. The number of esters is 1. The van der Waals surface area contributed by atoms with E-state index in [2.05, 4.69) is 10.1 Å². The van der Waals surface area contributed by atoms with E-state index in [1.165, 1.54) is 7.11 Å². The molecule has 1 heterocycles. The molecule has 0 aliphatic carbocycles. The van der Waals surface area contributed by atoms with E-state index >= 15 is 0 Å². The molecule has 1 unspecified atom stereocenters. The molecule has 0 aromatic heterocycles. The van der Waals surface area contributed by atoms with Gasteiger partial charge in [0, 0.05) is 19.6 Å². The van der Waals surface area contributed by atoms with Crippen LogP contribution in [-0.4, -0.2) is 67.9 Å². The number of carboxylic acids is 1. The minimum absolute atomic E-state index is 0.131. The van der Waals surface area contributed by atoms with Crippen LogP contribution in [0.2, 0.25) is 0 Å². The van der Waals surface area contributed by atoms with Crippen molar-refractivity contribution in [2.75, 3.05) is 40.0 Å². The van der Waals surface area contributed by atoms with Crippen molar-refractivity contribution in [3.8, 4) is 0 Å². The van der Waals surface area contributed by atoms with Crippen molar-refractivity contribution >= 4 is 18.0 Å². The van der Waals surface area contributed by atoms with Gasteiger partial charge in [0.15, 0.2) is 0 Å². The molecule has 1 saturated heterocycles. The lowest BCUT2D eigenvalue weighted by atomic mass is 9.98. The number of likely N-dealkylation sites (tertiary alicyclic amines) is 1. The van der Waals surface area contributed by atoms with Gasteiger partial charge in [-0.05, 0) is 12.8 Å². The minimum atomic E-state index is -1.05. The van der Waals surface area contributed by atoms with Crippen LogP contribution in [0.1, 0.15) is 12.8 Å². The Balaban J connectivity index is 2.25. The van der Waals surface area contributed by atoms with E-state index in [-0.39, 0.29) is 37.7 Å². The molecule has 1 rings (SSSR count). The van der Waals surface area contributed by atoms with E-state index in [1.807, 2.05) is 0 Å². The Morgan fingerprint density at radius 1 is 1.40 bits per heavy atom. The van der Waals surface area contributed by atoms with Crippen LogP contribution >= 0.6 is 0 Å².